The highest BCUT2D eigenvalue weighted by Crippen LogP contribution is 2.24. The van der Waals surface area contributed by atoms with Crippen molar-refractivity contribution in [1.29, 1.82) is 0 Å². The maximum Gasteiger partial charge on any atom is 0.238 e. The summed E-state index contributed by atoms with van der Waals surface area (Å²) in [5, 5.41) is 5.72. The van der Waals surface area contributed by atoms with Gasteiger partial charge in [-0.25, -0.2) is 0 Å². The van der Waals surface area contributed by atoms with E-state index in [9.17, 15) is 4.79 Å². The zero-order chi connectivity index (χ0) is 12.1. The summed E-state index contributed by atoms with van der Waals surface area (Å²) in [4.78, 5) is 11.5. The van der Waals surface area contributed by atoms with Crippen LogP contribution in [0.4, 0.5) is 5.69 Å². The van der Waals surface area contributed by atoms with E-state index in [1.807, 2.05) is 6.07 Å². The molecule has 1 amide bonds. The molecular formula is C14H16N2O. The Bertz CT molecular complexity index is 460. The second-order valence-electron chi connectivity index (χ2n) is 4.19. The molecule has 0 spiro atoms. The Morgan fingerprint density at radius 1 is 1.35 bits per heavy atom. The fraction of sp³-hybridized carbons (Fsp3) is 0.357. The van der Waals surface area contributed by atoms with Crippen molar-refractivity contribution in [3.63, 3.8) is 0 Å². The molecular weight excluding hydrogens is 212 g/mol. The van der Waals surface area contributed by atoms with Gasteiger partial charge in [-0.3, -0.25) is 10.1 Å². The van der Waals surface area contributed by atoms with E-state index in [1.54, 1.807) is 0 Å². The maximum atomic E-state index is 11.5. The van der Waals surface area contributed by atoms with Crippen LogP contribution in [0.1, 0.15) is 17.5 Å². The van der Waals surface area contributed by atoms with Crippen LogP contribution in [0.3, 0.4) is 0 Å². The molecule has 2 N–H and O–H groups in total. The topological polar surface area (TPSA) is 41.1 Å². The van der Waals surface area contributed by atoms with E-state index in [4.69, 9.17) is 6.42 Å². The smallest absolute Gasteiger partial charge is 0.238 e. The van der Waals surface area contributed by atoms with Crippen molar-refractivity contribution in [3.8, 4) is 12.3 Å². The molecule has 17 heavy (non-hydrogen) atoms. The summed E-state index contributed by atoms with van der Waals surface area (Å²) in [6.07, 6.45) is 8.58. The van der Waals surface area contributed by atoms with Gasteiger partial charge in [0.15, 0.2) is 0 Å². The Balaban J connectivity index is 1.91. The molecule has 88 valence electrons. The van der Waals surface area contributed by atoms with Gasteiger partial charge in [-0.05, 0) is 42.5 Å². The van der Waals surface area contributed by atoms with Gasteiger partial charge >= 0.3 is 0 Å². The molecule has 0 unspecified atom stereocenters. The molecule has 1 aromatic carbocycles. The van der Waals surface area contributed by atoms with Crippen molar-refractivity contribution in [2.75, 3.05) is 18.4 Å². The number of carbonyl (C=O) groups excluding carboxylic acids is 1. The second-order valence-corrected chi connectivity index (χ2v) is 4.19. The van der Waals surface area contributed by atoms with E-state index in [0.717, 1.165) is 18.5 Å². The van der Waals surface area contributed by atoms with Gasteiger partial charge in [0.05, 0.1) is 13.1 Å². The lowest BCUT2D eigenvalue weighted by molar-refractivity contribution is -0.115. The zero-order valence-corrected chi connectivity index (χ0v) is 9.75. The number of hydrogen-bond acceptors (Lipinski definition) is 2. The third kappa shape index (κ3) is 3.08. The first-order chi connectivity index (χ1) is 8.29. The van der Waals surface area contributed by atoms with Crippen molar-refractivity contribution in [3.05, 3.63) is 29.3 Å². The molecule has 2 rings (SSSR count). The summed E-state index contributed by atoms with van der Waals surface area (Å²) in [6.45, 7) is 0.666. The highest BCUT2D eigenvalue weighted by atomic mass is 16.1. The molecule has 0 aromatic heterocycles. The Labute approximate surface area is 102 Å². The maximum absolute atomic E-state index is 11.5. The summed E-state index contributed by atoms with van der Waals surface area (Å²) >= 11 is 0. The highest BCUT2D eigenvalue weighted by Gasteiger charge is 2.11. The fourth-order valence-corrected chi connectivity index (χ4v) is 2.10. The van der Waals surface area contributed by atoms with Gasteiger partial charge in [0.25, 0.3) is 0 Å². The highest BCUT2D eigenvalue weighted by molar-refractivity contribution is 5.92. The SMILES string of the molecule is C#CCNCC(=O)Nc1ccc2c(c1)CCC2. The van der Waals surface area contributed by atoms with Gasteiger partial charge in [0.1, 0.15) is 0 Å². The number of hydrogen-bond donors (Lipinski definition) is 2. The molecule has 0 saturated heterocycles. The fourth-order valence-electron chi connectivity index (χ4n) is 2.10. The Morgan fingerprint density at radius 3 is 3.00 bits per heavy atom. The van der Waals surface area contributed by atoms with Crippen LogP contribution in [0.25, 0.3) is 0 Å². The predicted octanol–water partition coefficient (Wildman–Crippen LogP) is 1.34. The first kappa shape index (κ1) is 11.7. The monoisotopic (exact) mass is 228 g/mol. The lowest BCUT2D eigenvalue weighted by Crippen LogP contribution is -2.28. The first-order valence-corrected chi connectivity index (χ1v) is 5.85. The average molecular weight is 228 g/mol. The van der Waals surface area contributed by atoms with Crippen LogP contribution in [0.2, 0.25) is 0 Å². The number of nitrogens with one attached hydrogen (secondary N) is 2. The molecule has 0 bridgehead atoms. The molecule has 0 aliphatic heterocycles. The van der Waals surface area contributed by atoms with E-state index in [0.29, 0.717) is 6.54 Å². The minimum Gasteiger partial charge on any atom is -0.325 e. The number of carbonyl (C=O) groups is 1. The molecule has 3 heteroatoms. The van der Waals surface area contributed by atoms with Crippen LogP contribution in [-0.4, -0.2) is 19.0 Å². The molecule has 1 aliphatic rings. The summed E-state index contributed by atoms with van der Waals surface area (Å²) in [6, 6.07) is 6.14. The van der Waals surface area contributed by atoms with Crippen molar-refractivity contribution >= 4 is 11.6 Å². The largest absolute Gasteiger partial charge is 0.325 e. The van der Waals surface area contributed by atoms with Crippen LogP contribution < -0.4 is 10.6 Å². The van der Waals surface area contributed by atoms with Gasteiger partial charge in [-0.1, -0.05) is 12.0 Å². The van der Waals surface area contributed by atoms with Crippen molar-refractivity contribution in [2.24, 2.45) is 0 Å². The quantitative estimate of drug-likeness (QED) is 0.603. The van der Waals surface area contributed by atoms with E-state index in [-0.39, 0.29) is 12.5 Å². The molecule has 1 aliphatic carbocycles. The van der Waals surface area contributed by atoms with Crippen LogP contribution in [-0.2, 0) is 17.6 Å². The summed E-state index contributed by atoms with van der Waals surface area (Å²) in [7, 11) is 0. The predicted molar refractivity (Wildman–Crippen MR) is 68.8 cm³/mol. The van der Waals surface area contributed by atoms with Gasteiger partial charge in [-0.15, -0.1) is 6.42 Å². The van der Waals surface area contributed by atoms with E-state index in [1.165, 1.54) is 17.5 Å². The molecule has 0 atom stereocenters. The zero-order valence-electron chi connectivity index (χ0n) is 9.75. The number of terminal acetylenes is 1. The van der Waals surface area contributed by atoms with Crippen LogP contribution in [0, 0.1) is 12.3 Å². The van der Waals surface area contributed by atoms with Crippen molar-refractivity contribution < 1.29 is 4.79 Å². The summed E-state index contributed by atoms with van der Waals surface area (Å²) < 4.78 is 0. The number of rotatable bonds is 4. The van der Waals surface area contributed by atoms with E-state index in [2.05, 4.69) is 28.7 Å². The van der Waals surface area contributed by atoms with E-state index < -0.39 is 0 Å². The number of anilines is 1. The normalized spacial score (nSPS) is 12.9. The lowest BCUT2D eigenvalue weighted by atomic mass is 10.1. The Kier molecular flexibility index (Phi) is 3.79. The molecule has 0 radical (unpaired) electrons. The second kappa shape index (κ2) is 5.51. The number of amides is 1. The third-order valence-corrected chi connectivity index (χ3v) is 2.89. The third-order valence-electron chi connectivity index (χ3n) is 2.89. The Morgan fingerprint density at radius 2 is 2.18 bits per heavy atom. The Hall–Kier alpha value is -1.79. The summed E-state index contributed by atoms with van der Waals surface area (Å²) in [5.74, 6) is 2.37. The minimum absolute atomic E-state index is 0.0572. The van der Waals surface area contributed by atoms with Gasteiger partial charge in [0.2, 0.25) is 5.91 Å². The van der Waals surface area contributed by atoms with Gasteiger partial charge in [-0.2, -0.15) is 0 Å². The lowest BCUT2D eigenvalue weighted by Gasteiger charge is -2.07. The van der Waals surface area contributed by atoms with Crippen LogP contribution in [0.5, 0.6) is 0 Å². The van der Waals surface area contributed by atoms with Crippen molar-refractivity contribution in [2.45, 2.75) is 19.3 Å². The van der Waals surface area contributed by atoms with Crippen LogP contribution >= 0.6 is 0 Å². The van der Waals surface area contributed by atoms with E-state index >= 15 is 0 Å². The summed E-state index contributed by atoms with van der Waals surface area (Å²) in [5.41, 5.74) is 3.64. The average Bonchev–Trinajstić information content (AvgIpc) is 2.76. The first-order valence-electron chi connectivity index (χ1n) is 5.85. The van der Waals surface area contributed by atoms with Crippen LogP contribution in [0.15, 0.2) is 18.2 Å². The molecule has 0 saturated carbocycles. The number of fused-ring (bicyclic) bond motifs is 1. The molecule has 0 fully saturated rings. The number of benzene rings is 1. The van der Waals surface area contributed by atoms with Gasteiger partial charge < -0.3 is 5.32 Å². The van der Waals surface area contributed by atoms with Crippen molar-refractivity contribution in [1.82, 2.24) is 5.32 Å². The molecule has 1 aromatic rings. The molecule has 3 nitrogen and oxygen atoms in total. The standard InChI is InChI=1S/C14H16N2O/c1-2-8-15-10-14(17)16-13-7-6-11-4-3-5-12(11)9-13/h1,6-7,9,15H,3-5,8,10H2,(H,16,17). The van der Waals surface area contributed by atoms with Gasteiger partial charge in [0, 0.05) is 5.69 Å². The minimum atomic E-state index is -0.0572. The number of aryl methyl sites for hydroxylation is 2. The molecule has 0 heterocycles.